The second kappa shape index (κ2) is 3.64. The van der Waals surface area contributed by atoms with Gasteiger partial charge in [0, 0.05) is 18.9 Å². The van der Waals surface area contributed by atoms with Crippen LogP contribution in [0.4, 0.5) is 22.0 Å². The molecule has 1 N–H and O–H groups in total. The van der Waals surface area contributed by atoms with Crippen LogP contribution in [-0.2, 0) is 0 Å². The largest absolute Gasteiger partial charge is 0.403 e. The molecule has 14 heavy (non-hydrogen) atoms. The first-order valence-electron chi connectivity index (χ1n) is 4.41. The van der Waals surface area contributed by atoms with Gasteiger partial charge in [0.05, 0.1) is 0 Å². The molecular formula is C8H12F5N. The van der Waals surface area contributed by atoms with Gasteiger partial charge in [-0.2, -0.15) is 13.2 Å². The van der Waals surface area contributed by atoms with Crippen LogP contribution in [0.1, 0.15) is 26.2 Å². The summed E-state index contributed by atoms with van der Waals surface area (Å²) in [6.07, 6.45) is -5.08. The van der Waals surface area contributed by atoms with Gasteiger partial charge in [-0.05, 0) is 13.3 Å². The molecule has 0 amide bonds. The molecule has 0 aromatic carbocycles. The van der Waals surface area contributed by atoms with E-state index in [2.05, 4.69) is 5.32 Å². The van der Waals surface area contributed by atoms with Crippen LogP contribution in [0.3, 0.4) is 0 Å². The van der Waals surface area contributed by atoms with Crippen molar-refractivity contribution in [3.05, 3.63) is 0 Å². The smallest absolute Gasteiger partial charge is 0.303 e. The van der Waals surface area contributed by atoms with Gasteiger partial charge in [-0.3, -0.25) is 0 Å². The zero-order valence-corrected chi connectivity index (χ0v) is 7.67. The van der Waals surface area contributed by atoms with Crippen molar-refractivity contribution in [1.29, 1.82) is 0 Å². The Balaban J connectivity index is 2.40. The first-order valence-corrected chi connectivity index (χ1v) is 4.41. The number of hydrogen-bond acceptors (Lipinski definition) is 1. The van der Waals surface area contributed by atoms with E-state index in [0.717, 1.165) is 6.92 Å². The molecule has 1 saturated carbocycles. The summed E-state index contributed by atoms with van der Waals surface area (Å²) in [6, 6.07) is -2.44. The summed E-state index contributed by atoms with van der Waals surface area (Å²) < 4.78 is 61.4. The van der Waals surface area contributed by atoms with Crippen molar-refractivity contribution < 1.29 is 22.0 Å². The SMILES string of the molecule is CC(NC1CCC(F)(F)C1)C(F)(F)F. The standard InChI is InChI=1S/C8H12F5N/c1-5(8(11,12)13)14-6-2-3-7(9,10)4-6/h5-6,14H,2-4H2,1H3. The Morgan fingerprint density at radius 1 is 1.36 bits per heavy atom. The summed E-state index contributed by atoms with van der Waals surface area (Å²) in [5.74, 6) is -2.80. The van der Waals surface area contributed by atoms with Crippen molar-refractivity contribution in [2.75, 3.05) is 0 Å². The minimum atomic E-state index is -4.36. The fraction of sp³-hybridized carbons (Fsp3) is 1.00. The average Bonchev–Trinajstić information content (AvgIpc) is 2.28. The van der Waals surface area contributed by atoms with Gasteiger partial charge in [-0.25, -0.2) is 8.78 Å². The molecule has 0 saturated heterocycles. The molecule has 0 radical (unpaired) electrons. The molecular weight excluding hydrogens is 205 g/mol. The number of hydrogen-bond donors (Lipinski definition) is 1. The van der Waals surface area contributed by atoms with Crippen LogP contribution in [0.5, 0.6) is 0 Å². The van der Waals surface area contributed by atoms with Crippen molar-refractivity contribution in [3.8, 4) is 0 Å². The van der Waals surface area contributed by atoms with Crippen LogP contribution in [0.25, 0.3) is 0 Å². The van der Waals surface area contributed by atoms with Gasteiger partial charge in [0.15, 0.2) is 0 Å². The number of halogens is 5. The van der Waals surface area contributed by atoms with E-state index in [9.17, 15) is 22.0 Å². The van der Waals surface area contributed by atoms with E-state index in [1.807, 2.05) is 0 Å². The summed E-state index contributed by atoms with van der Waals surface area (Å²) in [4.78, 5) is 0. The number of alkyl halides is 5. The maximum atomic E-state index is 12.6. The first-order chi connectivity index (χ1) is 6.21. The Kier molecular flexibility index (Phi) is 3.04. The normalized spacial score (nSPS) is 29.1. The Labute approximate surface area is 78.7 Å². The van der Waals surface area contributed by atoms with E-state index in [1.165, 1.54) is 0 Å². The van der Waals surface area contributed by atoms with Crippen LogP contribution < -0.4 is 5.32 Å². The van der Waals surface area contributed by atoms with E-state index < -0.39 is 30.6 Å². The second-order valence-corrected chi connectivity index (χ2v) is 3.73. The predicted molar refractivity (Wildman–Crippen MR) is 41.2 cm³/mol. The minimum absolute atomic E-state index is 0.105. The van der Waals surface area contributed by atoms with Crippen LogP contribution in [0.2, 0.25) is 0 Å². The van der Waals surface area contributed by atoms with Crippen molar-refractivity contribution in [3.63, 3.8) is 0 Å². The Morgan fingerprint density at radius 3 is 2.29 bits per heavy atom. The third-order valence-electron chi connectivity index (χ3n) is 2.38. The highest BCUT2D eigenvalue weighted by Crippen LogP contribution is 2.35. The predicted octanol–water partition coefficient (Wildman–Crippen LogP) is 2.71. The zero-order valence-electron chi connectivity index (χ0n) is 7.67. The summed E-state index contributed by atoms with van der Waals surface area (Å²) >= 11 is 0. The second-order valence-electron chi connectivity index (χ2n) is 3.73. The van der Waals surface area contributed by atoms with E-state index in [1.54, 1.807) is 0 Å². The van der Waals surface area contributed by atoms with Crippen LogP contribution in [0.15, 0.2) is 0 Å². The lowest BCUT2D eigenvalue weighted by Gasteiger charge is -2.21. The fourth-order valence-corrected chi connectivity index (χ4v) is 1.54. The van der Waals surface area contributed by atoms with Crippen LogP contribution >= 0.6 is 0 Å². The van der Waals surface area contributed by atoms with E-state index in [0.29, 0.717) is 0 Å². The summed E-state index contributed by atoms with van der Waals surface area (Å²) in [5, 5.41) is 2.17. The molecule has 1 aliphatic carbocycles. The van der Waals surface area contributed by atoms with Gasteiger partial charge in [0.2, 0.25) is 5.92 Å². The van der Waals surface area contributed by atoms with E-state index in [4.69, 9.17) is 0 Å². The van der Waals surface area contributed by atoms with Gasteiger partial charge < -0.3 is 5.32 Å². The van der Waals surface area contributed by atoms with Gasteiger partial charge in [-0.1, -0.05) is 0 Å². The first kappa shape index (κ1) is 11.7. The van der Waals surface area contributed by atoms with E-state index >= 15 is 0 Å². The Hall–Kier alpha value is -0.390. The molecule has 0 heterocycles. The molecule has 1 aliphatic rings. The fourth-order valence-electron chi connectivity index (χ4n) is 1.54. The van der Waals surface area contributed by atoms with Crippen molar-refractivity contribution in [2.24, 2.45) is 0 Å². The molecule has 0 aromatic heterocycles. The van der Waals surface area contributed by atoms with Gasteiger partial charge >= 0.3 is 6.18 Å². The summed E-state index contributed by atoms with van der Waals surface area (Å²) in [5.41, 5.74) is 0. The number of nitrogens with one attached hydrogen (secondary N) is 1. The lowest BCUT2D eigenvalue weighted by atomic mass is 10.2. The molecule has 84 valence electrons. The molecule has 6 heteroatoms. The zero-order chi connectivity index (χ0) is 11.0. The highest BCUT2D eigenvalue weighted by Gasteiger charge is 2.43. The van der Waals surface area contributed by atoms with Crippen molar-refractivity contribution in [2.45, 2.75) is 50.4 Å². The van der Waals surface area contributed by atoms with E-state index in [-0.39, 0.29) is 12.8 Å². The third kappa shape index (κ3) is 3.08. The van der Waals surface area contributed by atoms with Crippen LogP contribution in [0, 0.1) is 0 Å². The Bertz CT molecular complexity index is 200. The van der Waals surface area contributed by atoms with Gasteiger partial charge in [0.1, 0.15) is 6.04 Å². The lowest BCUT2D eigenvalue weighted by Crippen LogP contribution is -2.44. The molecule has 2 unspecified atom stereocenters. The topological polar surface area (TPSA) is 12.0 Å². The summed E-state index contributed by atoms with van der Waals surface area (Å²) in [7, 11) is 0. The minimum Gasteiger partial charge on any atom is -0.303 e. The monoisotopic (exact) mass is 217 g/mol. The quantitative estimate of drug-likeness (QED) is 0.701. The lowest BCUT2D eigenvalue weighted by molar-refractivity contribution is -0.153. The van der Waals surface area contributed by atoms with Gasteiger partial charge in [-0.15, -0.1) is 0 Å². The van der Waals surface area contributed by atoms with Crippen molar-refractivity contribution >= 4 is 0 Å². The third-order valence-corrected chi connectivity index (χ3v) is 2.38. The Morgan fingerprint density at radius 2 is 1.93 bits per heavy atom. The molecule has 0 bridgehead atoms. The average molecular weight is 217 g/mol. The maximum Gasteiger partial charge on any atom is 0.403 e. The van der Waals surface area contributed by atoms with Gasteiger partial charge in [0.25, 0.3) is 0 Å². The molecule has 1 nitrogen and oxygen atoms in total. The highest BCUT2D eigenvalue weighted by atomic mass is 19.4. The molecule has 1 fully saturated rings. The highest BCUT2D eigenvalue weighted by molar-refractivity contribution is 4.88. The molecule has 1 rings (SSSR count). The molecule has 0 aromatic rings. The number of rotatable bonds is 2. The molecule has 0 spiro atoms. The maximum absolute atomic E-state index is 12.6. The van der Waals surface area contributed by atoms with Crippen LogP contribution in [-0.4, -0.2) is 24.2 Å². The molecule has 2 atom stereocenters. The summed E-state index contributed by atoms with van der Waals surface area (Å²) in [6.45, 7) is 0.941. The molecule has 0 aliphatic heterocycles. The van der Waals surface area contributed by atoms with Crippen molar-refractivity contribution in [1.82, 2.24) is 5.32 Å².